The van der Waals surface area contributed by atoms with Crippen molar-refractivity contribution < 1.29 is 29.6 Å². The smallest absolute Gasteiger partial charge is 0.161 e. The number of aliphatic hydroxyl groups is 1. The highest BCUT2D eigenvalue weighted by Crippen LogP contribution is 2.60. The number of phenolic OH excluding ortho intramolecular Hbond substituents is 2. The Labute approximate surface area is 292 Å². The van der Waals surface area contributed by atoms with E-state index < -0.39 is 0 Å². The van der Waals surface area contributed by atoms with Gasteiger partial charge in [-0.2, -0.15) is 0 Å². The summed E-state index contributed by atoms with van der Waals surface area (Å²) in [7, 11) is 3.16. The number of Topliss-reactive ketones (excluding diaryl/α,β-unsaturated/α-hetero) is 1. The van der Waals surface area contributed by atoms with Gasteiger partial charge in [-0.05, 0) is 99.6 Å². The molecule has 7 atom stereocenters. The molecule has 11 heteroatoms. The van der Waals surface area contributed by atoms with Gasteiger partial charge >= 0.3 is 0 Å². The van der Waals surface area contributed by atoms with E-state index in [0.717, 1.165) is 90.1 Å². The van der Waals surface area contributed by atoms with Gasteiger partial charge in [-0.3, -0.25) is 4.79 Å². The van der Waals surface area contributed by atoms with Crippen LogP contribution in [0.3, 0.4) is 0 Å². The number of carbonyl (C=O) groups excluding carboxylic acids is 1. The molecule has 0 amide bonds. The number of hydrogen-bond acceptors (Lipinski definition) is 8. The van der Waals surface area contributed by atoms with Crippen molar-refractivity contribution in [1.29, 1.82) is 0 Å². The molecule has 2 saturated heterocycles. The molecular formula is C34H43Br3N2O6. The number of benzene rings is 2. The fourth-order valence-corrected chi connectivity index (χ4v) is 11.4. The summed E-state index contributed by atoms with van der Waals surface area (Å²) in [6.07, 6.45) is 8.20. The van der Waals surface area contributed by atoms with Crippen LogP contribution in [0.2, 0.25) is 0 Å². The Bertz CT molecular complexity index is 1510. The number of piperidine rings is 2. The largest absolute Gasteiger partial charge is 0.504 e. The molecule has 5 unspecified atom stereocenters. The van der Waals surface area contributed by atoms with Crippen LogP contribution in [0, 0.1) is 11.8 Å². The molecule has 4 bridgehead atoms. The average Bonchev–Trinajstić information content (AvgIpc) is 2.99. The third kappa shape index (κ3) is 5.17. The Morgan fingerprint density at radius 1 is 0.822 bits per heavy atom. The maximum Gasteiger partial charge on any atom is 0.161 e. The van der Waals surface area contributed by atoms with Gasteiger partial charge in [0.25, 0.3) is 0 Å². The van der Waals surface area contributed by atoms with Crippen molar-refractivity contribution >= 4 is 54.6 Å². The minimum absolute atomic E-state index is 0. The number of ketones is 1. The molecule has 45 heavy (non-hydrogen) atoms. The van der Waals surface area contributed by atoms with Crippen molar-refractivity contribution in [3.63, 3.8) is 0 Å². The molecule has 246 valence electrons. The van der Waals surface area contributed by atoms with Gasteiger partial charge in [0, 0.05) is 55.8 Å². The second-order valence-electron chi connectivity index (χ2n) is 13.8. The number of ether oxygens (including phenoxy) is 2. The number of hydrogen-bond donors (Lipinski definition) is 5. The summed E-state index contributed by atoms with van der Waals surface area (Å²) in [5, 5.41) is 39.3. The first-order chi connectivity index (χ1) is 21.1. The van der Waals surface area contributed by atoms with Crippen LogP contribution in [0.25, 0.3) is 0 Å². The molecule has 2 aromatic carbocycles. The van der Waals surface area contributed by atoms with Crippen LogP contribution in [0.15, 0.2) is 21.1 Å². The lowest BCUT2D eigenvalue weighted by molar-refractivity contribution is -0.125. The number of nitrogens with one attached hydrogen (secondary N) is 2. The van der Waals surface area contributed by atoms with Gasteiger partial charge in [-0.1, -0.05) is 31.9 Å². The van der Waals surface area contributed by atoms with Crippen LogP contribution in [-0.2, 0) is 28.5 Å². The van der Waals surface area contributed by atoms with Gasteiger partial charge in [0.1, 0.15) is 5.78 Å². The quantitative estimate of drug-likeness (QED) is 0.261. The zero-order chi connectivity index (χ0) is 31.0. The highest BCUT2D eigenvalue weighted by Gasteiger charge is 2.56. The van der Waals surface area contributed by atoms with E-state index in [0.29, 0.717) is 54.0 Å². The van der Waals surface area contributed by atoms with Crippen molar-refractivity contribution in [1.82, 2.24) is 10.6 Å². The van der Waals surface area contributed by atoms with Gasteiger partial charge in [0.2, 0.25) is 0 Å². The van der Waals surface area contributed by atoms with Crippen LogP contribution < -0.4 is 20.1 Å². The maximum absolute atomic E-state index is 12.2. The Morgan fingerprint density at radius 3 is 1.89 bits per heavy atom. The lowest BCUT2D eigenvalue weighted by atomic mass is 9.52. The lowest BCUT2D eigenvalue weighted by Gasteiger charge is -2.56. The van der Waals surface area contributed by atoms with Crippen LogP contribution in [0.5, 0.6) is 23.0 Å². The number of methoxy groups -OCH3 is 2. The van der Waals surface area contributed by atoms with Crippen molar-refractivity contribution in [2.24, 2.45) is 11.8 Å². The molecule has 0 radical (unpaired) electrons. The number of aromatic hydroxyl groups is 2. The predicted octanol–water partition coefficient (Wildman–Crippen LogP) is 5.75. The fraction of sp³-hybridized carbons (Fsp3) is 0.618. The zero-order valence-corrected chi connectivity index (χ0v) is 30.6. The number of fused-ring (bicyclic) bond motifs is 2. The van der Waals surface area contributed by atoms with Crippen molar-refractivity contribution in [2.45, 2.75) is 93.2 Å². The number of phenols is 2. The summed E-state index contributed by atoms with van der Waals surface area (Å²) >= 11 is 7.30. The van der Waals surface area contributed by atoms with Gasteiger partial charge in [-0.25, -0.2) is 0 Å². The third-order valence-electron chi connectivity index (χ3n) is 11.9. The summed E-state index contributed by atoms with van der Waals surface area (Å²) in [5.74, 6) is 2.77. The number of aliphatic hydroxyl groups excluding tert-OH is 1. The summed E-state index contributed by atoms with van der Waals surface area (Å²) in [6, 6.07) is 4.54. The van der Waals surface area contributed by atoms with Crippen molar-refractivity contribution in [3.8, 4) is 23.0 Å². The second kappa shape index (κ2) is 12.6. The van der Waals surface area contributed by atoms with Crippen molar-refractivity contribution in [2.75, 3.05) is 27.3 Å². The maximum atomic E-state index is 12.2. The molecular weight excluding hydrogens is 772 g/mol. The van der Waals surface area contributed by atoms with Crippen LogP contribution >= 0.6 is 48.8 Å². The fourth-order valence-electron chi connectivity index (χ4n) is 10.2. The van der Waals surface area contributed by atoms with Crippen molar-refractivity contribution in [3.05, 3.63) is 43.3 Å². The molecule has 8 nitrogen and oxygen atoms in total. The van der Waals surface area contributed by atoms with Gasteiger partial charge in [0.15, 0.2) is 23.0 Å². The molecule has 2 heterocycles. The second-order valence-corrected chi connectivity index (χ2v) is 15.5. The van der Waals surface area contributed by atoms with E-state index in [2.05, 4.69) is 42.5 Å². The molecule has 2 saturated carbocycles. The zero-order valence-electron chi connectivity index (χ0n) is 25.8. The molecule has 4 fully saturated rings. The summed E-state index contributed by atoms with van der Waals surface area (Å²) < 4.78 is 12.7. The SMILES string of the molecule is Br.COc1cc(Br)c2c(c1O)[C@]13CCNC(C2)C1CCC(=O)C3.COc1cc(Br)c2c(c1O)[C@]13CCNC(C2)C1CCC(O)C3. The van der Waals surface area contributed by atoms with E-state index in [1.807, 2.05) is 12.1 Å². The monoisotopic (exact) mass is 812 g/mol. The van der Waals surface area contributed by atoms with Gasteiger partial charge in [-0.15, -0.1) is 17.0 Å². The lowest BCUT2D eigenvalue weighted by Crippen LogP contribution is -2.61. The molecule has 8 rings (SSSR count). The first kappa shape index (κ1) is 33.5. The molecule has 5 N–H and O–H groups in total. The van der Waals surface area contributed by atoms with E-state index in [4.69, 9.17) is 9.47 Å². The van der Waals surface area contributed by atoms with Gasteiger partial charge in [0.05, 0.1) is 20.3 Å². The molecule has 2 aromatic rings. The van der Waals surface area contributed by atoms with E-state index >= 15 is 0 Å². The minimum Gasteiger partial charge on any atom is -0.504 e. The third-order valence-corrected chi connectivity index (χ3v) is 13.3. The Balaban J connectivity index is 0.000000155. The van der Waals surface area contributed by atoms with E-state index in [-0.39, 0.29) is 45.4 Å². The molecule has 6 aliphatic rings. The minimum atomic E-state index is -0.273. The molecule has 0 aromatic heterocycles. The summed E-state index contributed by atoms with van der Waals surface area (Å²) in [6.45, 7) is 1.85. The molecule has 0 spiro atoms. The molecule has 4 aliphatic carbocycles. The van der Waals surface area contributed by atoms with E-state index in [9.17, 15) is 20.1 Å². The Morgan fingerprint density at radius 2 is 1.33 bits per heavy atom. The highest BCUT2D eigenvalue weighted by molar-refractivity contribution is 9.10. The van der Waals surface area contributed by atoms with Crippen LogP contribution in [0.1, 0.15) is 73.6 Å². The normalized spacial score (nSPS) is 34.0. The number of carbonyl (C=O) groups is 1. The van der Waals surface area contributed by atoms with Crippen LogP contribution in [0.4, 0.5) is 0 Å². The van der Waals surface area contributed by atoms with E-state index in [1.54, 1.807) is 14.2 Å². The average molecular weight is 815 g/mol. The first-order valence-corrected chi connectivity index (χ1v) is 17.6. The standard InChI is InChI=1S/C17H22BrNO3.C17H20BrNO3.BrH/c2*1-22-14-7-12(18)10-6-13-11-3-2-9(20)8-17(11,4-5-19-13)15(10)16(14)21;/h7,9,11,13,19-21H,2-6,8H2,1H3;7,11,13,19,21H,2-6,8H2,1H3;1H/t9?,11?,13?,17-;11?,13?,17-;/m00./s1. The van der Waals surface area contributed by atoms with Gasteiger partial charge < -0.3 is 35.4 Å². The summed E-state index contributed by atoms with van der Waals surface area (Å²) in [4.78, 5) is 12.2. The molecule has 2 aliphatic heterocycles. The summed E-state index contributed by atoms with van der Waals surface area (Å²) in [5.41, 5.74) is 3.97. The number of halogens is 3. The Kier molecular flexibility index (Phi) is 9.37. The first-order valence-electron chi connectivity index (χ1n) is 16.0. The van der Waals surface area contributed by atoms with Crippen LogP contribution in [-0.4, -0.2) is 66.6 Å². The number of rotatable bonds is 2. The topological polar surface area (TPSA) is 120 Å². The highest BCUT2D eigenvalue weighted by atomic mass is 79.9. The van der Waals surface area contributed by atoms with E-state index in [1.165, 1.54) is 5.56 Å². The Hall–Kier alpha value is -1.37. The predicted molar refractivity (Wildman–Crippen MR) is 184 cm³/mol.